The summed E-state index contributed by atoms with van der Waals surface area (Å²) in [5.41, 5.74) is 2.04. The topological polar surface area (TPSA) is 58.4 Å². The summed E-state index contributed by atoms with van der Waals surface area (Å²) in [4.78, 5) is 29.3. The van der Waals surface area contributed by atoms with E-state index in [0.29, 0.717) is 36.9 Å². The Morgan fingerprint density at radius 2 is 1.71 bits per heavy atom. The van der Waals surface area contributed by atoms with Gasteiger partial charge in [0.25, 0.3) is 5.91 Å². The Morgan fingerprint density at radius 3 is 2.32 bits per heavy atom. The van der Waals surface area contributed by atoms with Gasteiger partial charge in [-0.1, -0.05) is 17.7 Å². The second-order valence-corrected chi connectivity index (χ2v) is 7.96. The van der Waals surface area contributed by atoms with Crippen molar-refractivity contribution >= 4 is 34.8 Å². The fourth-order valence-electron chi connectivity index (χ4n) is 3.24. The second kappa shape index (κ2) is 7.77. The molecule has 0 aliphatic carbocycles. The molecule has 28 heavy (non-hydrogen) atoms. The number of hydrogen-bond acceptors (Lipinski definition) is 4. The summed E-state index contributed by atoms with van der Waals surface area (Å²) >= 11 is 7.59. The van der Waals surface area contributed by atoms with Crippen LogP contribution in [-0.2, 0) is 4.79 Å². The van der Waals surface area contributed by atoms with Gasteiger partial charge in [0, 0.05) is 38.1 Å². The first-order valence-electron chi connectivity index (χ1n) is 8.97. The number of hydrogen-bond donors (Lipinski definition) is 0. The van der Waals surface area contributed by atoms with Crippen molar-refractivity contribution in [2.45, 2.75) is 6.92 Å². The lowest BCUT2D eigenvalue weighted by atomic mass is 10.2. The number of thiophene rings is 1. The van der Waals surface area contributed by atoms with Crippen LogP contribution in [0.4, 0.5) is 0 Å². The summed E-state index contributed by atoms with van der Waals surface area (Å²) in [7, 11) is 0. The number of rotatable bonds is 3. The van der Waals surface area contributed by atoms with Crippen molar-refractivity contribution in [1.82, 2.24) is 19.6 Å². The predicted molar refractivity (Wildman–Crippen MR) is 110 cm³/mol. The Bertz CT molecular complexity index is 990. The van der Waals surface area contributed by atoms with E-state index in [-0.39, 0.29) is 11.8 Å². The number of carbonyl (C=O) groups excluding carboxylic acids is 2. The number of amides is 2. The highest BCUT2D eigenvalue weighted by atomic mass is 35.5. The first-order chi connectivity index (χ1) is 13.5. The summed E-state index contributed by atoms with van der Waals surface area (Å²) in [6.45, 7) is 3.68. The molecule has 3 heterocycles. The number of carbonyl (C=O) groups is 2. The lowest BCUT2D eigenvalue weighted by Crippen LogP contribution is -2.50. The molecule has 8 heteroatoms. The third-order valence-corrected chi connectivity index (χ3v) is 5.93. The highest BCUT2D eigenvalue weighted by molar-refractivity contribution is 7.13. The smallest absolute Gasteiger partial charge is 0.272 e. The minimum Gasteiger partial charge on any atom is -0.339 e. The molecular weight excluding hydrogens is 396 g/mol. The Morgan fingerprint density at radius 1 is 1.04 bits per heavy atom. The molecule has 1 saturated heterocycles. The fourth-order valence-corrected chi connectivity index (χ4v) is 4.05. The van der Waals surface area contributed by atoms with E-state index in [1.165, 1.54) is 0 Å². The quantitative estimate of drug-likeness (QED) is 0.658. The molecule has 4 rings (SSSR count). The molecule has 0 N–H and O–H groups in total. The average Bonchev–Trinajstić information content (AvgIpc) is 3.38. The summed E-state index contributed by atoms with van der Waals surface area (Å²) in [6.07, 6.45) is 0. The lowest BCUT2D eigenvalue weighted by Gasteiger charge is -2.34. The monoisotopic (exact) mass is 414 g/mol. The second-order valence-electron chi connectivity index (χ2n) is 6.58. The van der Waals surface area contributed by atoms with Crippen LogP contribution in [0.1, 0.15) is 17.4 Å². The minimum absolute atomic E-state index is 0.0401. The van der Waals surface area contributed by atoms with Gasteiger partial charge in [-0.05, 0) is 41.8 Å². The molecule has 0 radical (unpaired) electrons. The van der Waals surface area contributed by atoms with Crippen LogP contribution in [-0.4, -0.2) is 57.6 Å². The van der Waals surface area contributed by atoms with Gasteiger partial charge in [0.05, 0.1) is 10.6 Å². The van der Waals surface area contributed by atoms with E-state index in [1.807, 2.05) is 35.7 Å². The molecular formula is C20H19ClN4O2S. The van der Waals surface area contributed by atoms with Crippen LogP contribution in [0.3, 0.4) is 0 Å². The molecule has 0 unspecified atom stereocenters. The fraction of sp³-hybridized carbons (Fsp3) is 0.250. The van der Waals surface area contributed by atoms with Gasteiger partial charge >= 0.3 is 0 Å². The Labute approximate surface area is 171 Å². The predicted octanol–water partition coefficient (Wildman–Crippen LogP) is 3.56. The van der Waals surface area contributed by atoms with Gasteiger partial charge in [-0.15, -0.1) is 11.3 Å². The van der Waals surface area contributed by atoms with Gasteiger partial charge in [0.1, 0.15) is 11.4 Å². The van der Waals surface area contributed by atoms with Crippen molar-refractivity contribution in [2.24, 2.45) is 0 Å². The van der Waals surface area contributed by atoms with E-state index in [9.17, 15) is 9.59 Å². The van der Waals surface area contributed by atoms with Crippen LogP contribution in [0.25, 0.3) is 16.3 Å². The van der Waals surface area contributed by atoms with Crippen LogP contribution < -0.4 is 0 Å². The minimum atomic E-state index is -0.0894. The first kappa shape index (κ1) is 18.7. The Kier molecular flexibility index (Phi) is 5.19. The number of benzene rings is 1. The van der Waals surface area contributed by atoms with Crippen molar-refractivity contribution < 1.29 is 9.59 Å². The lowest BCUT2D eigenvalue weighted by molar-refractivity contribution is -0.130. The standard InChI is InChI=1S/C20H19ClN4O2S/c1-14(26)23-8-10-24(11-9-23)20(27)18-13-17(19-3-2-12-28-19)22-25(18)16-6-4-15(21)5-7-16/h2-7,12-13H,8-11H2,1H3. The molecule has 0 bridgehead atoms. The van der Waals surface area contributed by atoms with Crippen LogP contribution in [0.2, 0.25) is 5.02 Å². The SMILES string of the molecule is CC(=O)N1CCN(C(=O)c2cc(-c3cccs3)nn2-c2ccc(Cl)cc2)CC1. The summed E-state index contributed by atoms with van der Waals surface area (Å²) < 4.78 is 1.67. The van der Waals surface area contributed by atoms with E-state index in [4.69, 9.17) is 11.6 Å². The first-order valence-corrected chi connectivity index (χ1v) is 10.2. The van der Waals surface area contributed by atoms with Crippen LogP contribution in [0.5, 0.6) is 0 Å². The van der Waals surface area contributed by atoms with Crippen LogP contribution in [0.15, 0.2) is 47.8 Å². The zero-order valence-electron chi connectivity index (χ0n) is 15.3. The van der Waals surface area contributed by atoms with Crippen molar-refractivity contribution in [3.8, 4) is 16.3 Å². The maximum atomic E-state index is 13.3. The van der Waals surface area contributed by atoms with Crippen molar-refractivity contribution in [2.75, 3.05) is 26.2 Å². The molecule has 1 aliphatic rings. The molecule has 2 aromatic heterocycles. The third kappa shape index (κ3) is 3.68. The zero-order valence-corrected chi connectivity index (χ0v) is 16.9. The summed E-state index contributed by atoms with van der Waals surface area (Å²) in [6, 6.07) is 13.0. The van der Waals surface area contributed by atoms with Crippen molar-refractivity contribution in [3.63, 3.8) is 0 Å². The number of nitrogens with zero attached hydrogens (tertiary/aromatic N) is 4. The largest absolute Gasteiger partial charge is 0.339 e. The molecule has 0 saturated carbocycles. The molecule has 2 amide bonds. The van der Waals surface area contributed by atoms with E-state index < -0.39 is 0 Å². The summed E-state index contributed by atoms with van der Waals surface area (Å²) in [5.74, 6) is -0.0493. The molecule has 144 valence electrons. The number of aromatic nitrogens is 2. The third-order valence-electron chi connectivity index (χ3n) is 4.79. The van der Waals surface area contributed by atoms with Gasteiger partial charge in [0.2, 0.25) is 5.91 Å². The normalized spacial score (nSPS) is 14.4. The summed E-state index contributed by atoms with van der Waals surface area (Å²) in [5, 5.41) is 7.30. The van der Waals surface area contributed by atoms with Crippen molar-refractivity contribution in [3.05, 3.63) is 58.6 Å². The van der Waals surface area contributed by atoms with Gasteiger partial charge in [0.15, 0.2) is 0 Å². The van der Waals surface area contributed by atoms with Gasteiger partial charge in [-0.2, -0.15) is 5.10 Å². The van der Waals surface area contributed by atoms with Crippen molar-refractivity contribution in [1.29, 1.82) is 0 Å². The van der Waals surface area contributed by atoms with E-state index in [1.54, 1.807) is 44.9 Å². The maximum Gasteiger partial charge on any atom is 0.272 e. The molecule has 1 aliphatic heterocycles. The van der Waals surface area contributed by atoms with Gasteiger partial charge in [-0.3, -0.25) is 9.59 Å². The maximum absolute atomic E-state index is 13.3. The Balaban J connectivity index is 1.68. The van der Waals surface area contributed by atoms with E-state index in [0.717, 1.165) is 16.3 Å². The van der Waals surface area contributed by atoms with E-state index >= 15 is 0 Å². The average molecular weight is 415 g/mol. The van der Waals surface area contributed by atoms with E-state index in [2.05, 4.69) is 5.10 Å². The highest BCUT2D eigenvalue weighted by Crippen LogP contribution is 2.27. The van der Waals surface area contributed by atoms with Gasteiger partial charge < -0.3 is 9.80 Å². The van der Waals surface area contributed by atoms with Gasteiger partial charge in [-0.25, -0.2) is 4.68 Å². The van der Waals surface area contributed by atoms with Crippen LogP contribution >= 0.6 is 22.9 Å². The number of halogens is 1. The molecule has 1 aromatic carbocycles. The molecule has 0 spiro atoms. The number of piperazine rings is 1. The zero-order chi connectivity index (χ0) is 19.7. The molecule has 1 fully saturated rings. The highest BCUT2D eigenvalue weighted by Gasteiger charge is 2.27. The van der Waals surface area contributed by atoms with Crippen LogP contribution in [0, 0.1) is 0 Å². The molecule has 0 atom stereocenters. The Hall–Kier alpha value is -2.64. The molecule has 3 aromatic rings. The molecule has 6 nitrogen and oxygen atoms in total.